The minimum Gasteiger partial charge on any atom is -0.493 e. The van der Waals surface area contributed by atoms with E-state index in [0.717, 1.165) is 30.4 Å². The number of nitro groups is 1. The summed E-state index contributed by atoms with van der Waals surface area (Å²) in [6, 6.07) is 11.8. The Kier molecular flexibility index (Phi) is 8.17. The molecule has 0 aromatic heterocycles. The number of rotatable bonds is 7. The van der Waals surface area contributed by atoms with Crippen LogP contribution < -0.4 is 19.7 Å². The molecule has 0 atom stereocenters. The van der Waals surface area contributed by atoms with Crippen LogP contribution in [0, 0.1) is 10.1 Å². The lowest BCUT2D eigenvalue weighted by molar-refractivity contribution is -0.384. The van der Waals surface area contributed by atoms with Crippen LogP contribution in [0.1, 0.15) is 16.7 Å². The number of urea groups is 1. The number of methoxy groups -OCH3 is 1. The van der Waals surface area contributed by atoms with Crippen molar-refractivity contribution >= 4 is 47.3 Å². The Hall–Kier alpha value is -5.79. The summed E-state index contributed by atoms with van der Waals surface area (Å²) in [5.74, 6) is -3.12. The number of nitro benzene ring substituents is 1. The monoisotopic (exact) mass is 581 g/mol. The van der Waals surface area contributed by atoms with Gasteiger partial charge in [-0.1, -0.05) is 24.3 Å². The topological polar surface area (TPSA) is 145 Å². The highest BCUT2D eigenvalue weighted by Gasteiger charge is 2.38. The second-order valence-corrected chi connectivity index (χ2v) is 8.52. The average Bonchev–Trinajstić information content (AvgIpc) is 2.94. The molecule has 0 bridgehead atoms. The summed E-state index contributed by atoms with van der Waals surface area (Å²) in [7, 11) is 1.26. The molecule has 4 rings (SSSR count). The number of barbiturate groups is 1. The third kappa shape index (κ3) is 6.50. The van der Waals surface area contributed by atoms with Crippen LogP contribution in [0.15, 0.2) is 78.4 Å². The average molecular weight is 581 g/mol. The van der Waals surface area contributed by atoms with Gasteiger partial charge in [0.15, 0.2) is 11.5 Å². The minimum atomic E-state index is -4.74. The van der Waals surface area contributed by atoms with Crippen molar-refractivity contribution in [2.75, 3.05) is 12.0 Å². The maximum absolute atomic E-state index is 13.2. The first-order chi connectivity index (χ1) is 19.9. The number of alkyl halides is 3. The Labute approximate surface area is 234 Å². The Balaban J connectivity index is 1.56. The number of carbonyl (C=O) groups is 4. The summed E-state index contributed by atoms with van der Waals surface area (Å²) in [6.45, 7) is 0. The molecule has 0 unspecified atom stereocenters. The molecule has 1 fully saturated rings. The van der Waals surface area contributed by atoms with E-state index in [4.69, 9.17) is 9.47 Å². The number of nitrogens with zero attached hydrogens (tertiary/aromatic N) is 2. The smallest absolute Gasteiger partial charge is 0.416 e. The van der Waals surface area contributed by atoms with Crippen LogP contribution in [0.5, 0.6) is 11.5 Å². The second-order valence-electron chi connectivity index (χ2n) is 8.52. The number of ether oxygens (including phenoxy) is 2. The number of hydrogen-bond acceptors (Lipinski definition) is 8. The van der Waals surface area contributed by atoms with Gasteiger partial charge in [-0.3, -0.25) is 25.0 Å². The van der Waals surface area contributed by atoms with Crippen molar-refractivity contribution in [3.05, 3.63) is 105 Å². The predicted molar refractivity (Wildman–Crippen MR) is 141 cm³/mol. The summed E-state index contributed by atoms with van der Waals surface area (Å²) < 4.78 is 50.0. The van der Waals surface area contributed by atoms with Crippen molar-refractivity contribution in [2.45, 2.75) is 6.18 Å². The van der Waals surface area contributed by atoms with E-state index >= 15 is 0 Å². The molecule has 1 heterocycles. The first-order valence-corrected chi connectivity index (χ1v) is 11.8. The first kappa shape index (κ1) is 29.2. The van der Waals surface area contributed by atoms with Gasteiger partial charge in [-0.2, -0.15) is 13.2 Å². The molecule has 11 nitrogen and oxygen atoms in total. The van der Waals surface area contributed by atoms with E-state index in [2.05, 4.69) is 0 Å². The van der Waals surface area contributed by atoms with Gasteiger partial charge >= 0.3 is 18.2 Å². The first-order valence-electron chi connectivity index (χ1n) is 11.8. The minimum absolute atomic E-state index is 0.0101. The molecule has 42 heavy (non-hydrogen) atoms. The summed E-state index contributed by atoms with van der Waals surface area (Å²) in [5.41, 5.74) is -1.65. The normalized spacial score (nSPS) is 14.7. The molecule has 1 saturated heterocycles. The predicted octanol–water partition coefficient (Wildman–Crippen LogP) is 4.91. The fraction of sp³-hybridized carbons (Fsp3) is 0.0714. The van der Waals surface area contributed by atoms with Crippen molar-refractivity contribution in [1.82, 2.24) is 5.32 Å². The lowest BCUT2D eigenvalue weighted by Crippen LogP contribution is -2.54. The quantitative estimate of drug-likeness (QED) is 0.104. The Bertz CT molecular complexity index is 1680. The number of non-ortho nitro benzene ring substituents is 1. The van der Waals surface area contributed by atoms with Gasteiger partial charge in [0.1, 0.15) is 5.57 Å². The number of hydrogen-bond donors (Lipinski definition) is 1. The highest BCUT2D eigenvalue weighted by molar-refractivity contribution is 6.39. The lowest BCUT2D eigenvalue weighted by Gasteiger charge is -2.27. The van der Waals surface area contributed by atoms with Crippen LogP contribution in [0.3, 0.4) is 0 Å². The molecule has 4 amide bonds. The van der Waals surface area contributed by atoms with Gasteiger partial charge in [0.2, 0.25) is 0 Å². The van der Waals surface area contributed by atoms with Gasteiger partial charge in [0.25, 0.3) is 17.5 Å². The van der Waals surface area contributed by atoms with Crippen molar-refractivity contribution in [1.29, 1.82) is 0 Å². The molecule has 1 aliphatic rings. The van der Waals surface area contributed by atoms with E-state index in [0.29, 0.717) is 16.5 Å². The molecular formula is C28H18F3N3O8. The number of carbonyl (C=O) groups excluding carboxylic acids is 4. The van der Waals surface area contributed by atoms with Crippen molar-refractivity contribution < 1.29 is 46.7 Å². The van der Waals surface area contributed by atoms with Gasteiger partial charge in [0, 0.05) is 18.2 Å². The molecule has 0 aliphatic carbocycles. The van der Waals surface area contributed by atoms with Gasteiger partial charge in [-0.05, 0) is 53.6 Å². The number of benzene rings is 3. The maximum Gasteiger partial charge on any atom is 0.416 e. The number of halogens is 3. The van der Waals surface area contributed by atoms with E-state index in [-0.39, 0.29) is 22.7 Å². The molecule has 1 N–H and O–H groups in total. The zero-order valence-corrected chi connectivity index (χ0v) is 21.4. The van der Waals surface area contributed by atoms with Gasteiger partial charge < -0.3 is 9.47 Å². The molecule has 3 aromatic carbocycles. The van der Waals surface area contributed by atoms with Crippen LogP contribution in [0.2, 0.25) is 0 Å². The number of nitrogens with one attached hydrogen (secondary N) is 1. The molecule has 214 valence electrons. The molecule has 14 heteroatoms. The highest BCUT2D eigenvalue weighted by atomic mass is 19.4. The van der Waals surface area contributed by atoms with Crippen LogP contribution in [-0.4, -0.2) is 35.8 Å². The maximum atomic E-state index is 13.2. The number of imide groups is 2. The van der Waals surface area contributed by atoms with E-state index in [1.54, 1.807) is 6.07 Å². The van der Waals surface area contributed by atoms with E-state index < -0.39 is 51.7 Å². The molecule has 0 radical (unpaired) electrons. The van der Waals surface area contributed by atoms with Crippen molar-refractivity contribution in [2.24, 2.45) is 0 Å². The fourth-order valence-electron chi connectivity index (χ4n) is 3.79. The summed E-state index contributed by atoms with van der Waals surface area (Å²) >= 11 is 0. The summed E-state index contributed by atoms with van der Waals surface area (Å²) in [4.78, 5) is 61.0. The van der Waals surface area contributed by atoms with Crippen LogP contribution in [0.4, 0.5) is 29.3 Å². The number of anilines is 1. The molecule has 0 spiro atoms. The zero-order chi connectivity index (χ0) is 30.6. The van der Waals surface area contributed by atoms with E-state index in [9.17, 15) is 42.5 Å². The third-order valence-corrected chi connectivity index (χ3v) is 5.74. The molecular weight excluding hydrogens is 563 g/mol. The Morgan fingerprint density at radius 2 is 1.71 bits per heavy atom. The standard InChI is InChI=1S/C28H18F3N3O8/c1-41-23-14-17(8-10-22(23)42-24(35)11-9-16-4-2-7-20(12-16)34(39)40)13-21-25(36)32-27(38)33(26(21)37)19-6-3-5-18(15-19)28(29,30)31/h2-15H,1H3,(H,32,36,38)/b11-9+,21-13+. The van der Waals surface area contributed by atoms with E-state index in [1.165, 1.54) is 49.6 Å². The number of amides is 4. The van der Waals surface area contributed by atoms with Crippen LogP contribution in [0.25, 0.3) is 12.2 Å². The molecule has 3 aromatic rings. The summed E-state index contributed by atoms with van der Waals surface area (Å²) in [5, 5.41) is 12.8. The van der Waals surface area contributed by atoms with Crippen molar-refractivity contribution in [3.8, 4) is 11.5 Å². The van der Waals surface area contributed by atoms with Gasteiger partial charge in [-0.15, -0.1) is 0 Å². The van der Waals surface area contributed by atoms with Crippen LogP contribution >= 0.6 is 0 Å². The number of esters is 1. The SMILES string of the molecule is COc1cc(/C=C2\C(=O)NC(=O)N(c3cccc(C(F)(F)F)c3)C2=O)ccc1OC(=O)/C=C/c1cccc([N+](=O)[O-])c1. The lowest BCUT2D eigenvalue weighted by atomic mass is 10.1. The van der Waals surface area contributed by atoms with Gasteiger partial charge in [0.05, 0.1) is 23.3 Å². The second kappa shape index (κ2) is 11.8. The molecule has 1 aliphatic heterocycles. The Morgan fingerprint density at radius 1 is 0.976 bits per heavy atom. The van der Waals surface area contributed by atoms with E-state index in [1.807, 2.05) is 5.32 Å². The Morgan fingerprint density at radius 3 is 2.40 bits per heavy atom. The fourth-order valence-corrected chi connectivity index (χ4v) is 3.79. The largest absolute Gasteiger partial charge is 0.493 e. The van der Waals surface area contributed by atoms with Gasteiger partial charge in [-0.25, -0.2) is 14.5 Å². The van der Waals surface area contributed by atoms with Crippen LogP contribution in [-0.2, 0) is 20.6 Å². The third-order valence-electron chi connectivity index (χ3n) is 5.74. The molecule has 0 saturated carbocycles. The summed E-state index contributed by atoms with van der Waals surface area (Å²) in [6.07, 6.45) is -1.30. The zero-order valence-electron chi connectivity index (χ0n) is 21.4. The highest BCUT2D eigenvalue weighted by Crippen LogP contribution is 2.33. The van der Waals surface area contributed by atoms with Crippen molar-refractivity contribution in [3.63, 3.8) is 0 Å².